The van der Waals surface area contributed by atoms with Crippen LogP contribution in [0.15, 0.2) is 12.1 Å². The number of benzene rings is 1. The van der Waals surface area contributed by atoms with Crippen LogP contribution < -0.4 is 10.6 Å². The van der Waals surface area contributed by atoms with Crippen molar-refractivity contribution in [3.05, 3.63) is 34.4 Å². The maximum absolute atomic E-state index is 11.8. The Hall–Kier alpha value is -1.35. The zero-order valence-electron chi connectivity index (χ0n) is 10.6. The minimum atomic E-state index is -0.273. The lowest BCUT2D eigenvalue weighted by Gasteiger charge is -2.20. The summed E-state index contributed by atoms with van der Waals surface area (Å²) in [4.78, 5) is 11.8. The number of carbonyl (C=O) groups is 1. The summed E-state index contributed by atoms with van der Waals surface area (Å²) in [5, 5.41) is 5.74. The van der Waals surface area contributed by atoms with E-state index in [2.05, 4.69) is 29.7 Å². The minimum absolute atomic E-state index is 0.00227. The monoisotopic (exact) mass is 220 g/mol. The molecule has 0 aliphatic heterocycles. The Bertz CT molecular complexity index is 376. The largest absolute Gasteiger partial charge is 0.358 e. The first-order chi connectivity index (χ1) is 7.51. The molecule has 0 fully saturated rings. The van der Waals surface area contributed by atoms with Crippen molar-refractivity contribution in [1.82, 2.24) is 10.6 Å². The lowest BCUT2D eigenvalue weighted by molar-refractivity contribution is -0.122. The van der Waals surface area contributed by atoms with Crippen LogP contribution in [-0.2, 0) is 4.79 Å². The smallest absolute Gasteiger partial charge is 0.241 e. The van der Waals surface area contributed by atoms with Gasteiger partial charge in [0, 0.05) is 7.05 Å². The van der Waals surface area contributed by atoms with Gasteiger partial charge in [0.1, 0.15) is 6.04 Å². The molecule has 3 heteroatoms. The second kappa shape index (κ2) is 5.12. The maximum Gasteiger partial charge on any atom is 0.241 e. The third kappa shape index (κ3) is 2.42. The molecule has 88 valence electrons. The number of nitrogens with one attached hydrogen (secondary N) is 2. The van der Waals surface area contributed by atoms with E-state index >= 15 is 0 Å². The Morgan fingerprint density at radius 3 is 2.00 bits per heavy atom. The van der Waals surface area contributed by atoms with Gasteiger partial charge in [0.15, 0.2) is 0 Å². The topological polar surface area (TPSA) is 41.1 Å². The number of likely N-dealkylation sites (N-methyl/N-ethyl adjacent to an activating group) is 2. The molecule has 1 rings (SSSR count). The molecule has 1 aromatic rings. The molecule has 16 heavy (non-hydrogen) atoms. The molecule has 1 aromatic carbocycles. The van der Waals surface area contributed by atoms with Gasteiger partial charge in [0.05, 0.1) is 0 Å². The third-order valence-electron chi connectivity index (χ3n) is 2.82. The molecule has 0 bridgehead atoms. The fourth-order valence-electron chi connectivity index (χ4n) is 2.20. The molecule has 0 aliphatic rings. The predicted molar refractivity (Wildman–Crippen MR) is 66.5 cm³/mol. The summed E-state index contributed by atoms with van der Waals surface area (Å²) in [5.41, 5.74) is 4.61. The highest BCUT2D eigenvalue weighted by molar-refractivity contribution is 5.83. The van der Waals surface area contributed by atoms with E-state index < -0.39 is 0 Å². The van der Waals surface area contributed by atoms with Crippen LogP contribution in [0.2, 0.25) is 0 Å². The highest BCUT2D eigenvalue weighted by Gasteiger charge is 2.21. The van der Waals surface area contributed by atoms with Crippen LogP contribution in [-0.4, -0.2) is 20.0 Å². The first kappa shape index (κ1) is 12.7. The quantitative estimate of drug-likeness (QED) is 0.812. The average molecular weight is 220 g/mol. The van der Waals surface area contributed by atoms with Gasteiger partial charge in [-0.3, -0.25) is 4.79 Å². The first-order valence-corrected chi connectivity index (χ1v) is 5.47. The van der Waals surface area contributed by atoms with E-state index in [1.807, 2.05) is 13.8 Å². The van der Waals surface area contributed by atoms with E-state index in [4.69, 9.17) is 0 Å². The van der Waals surface area contributed by atoms with Gasteiger partial charge in [-0.05, 0) is 44.5 Å². The maximum atomic E-state index is 11.8. The summed E-state index contributed by atoms with van der Waals surface area (Å²) in [6.45, 7) is 6.16. The molecule has 0 aromatic heterocycles. The predicted octanol–water partition coefficient (Wildman–Crippen LogP) is 1.62. The molecule has 3 nitrogen and oxygen atoms in total. The Balaban J connectivity index is 3.25. The van der Waals surface area contributed by atoms with Crippen LogP contribution in [0.25, 0.3) is 0 Å². The van der Waals surface area contributed by atoms with Crippen LogP contribution >= 0.6 is 0 Å². The summed E-state index contributed by atoms with van der Waals surface area (Å²) in [6.07, 6.45) is 0. The average Bonchev–Trinajstić information content (AvgIpc) is 2.22. The SMILES string of the molecule is CNC(=O)C(NC)c1c(C)cc(C)cc1C. The van der Waals surface area contributed by atoms with Crippen molar-refractivity contribution in [2.45, 2.75) is 26.8 Å². The molecular weight excluding hydrogens is 200 g/mol. The zero-order chi connectivity index (χ0) is 12.3. The van der Waals surface area contributed by atoms with Crippen LogP contribution in [0.1, 0.15) is 28.3 Å². The lowest BCUT2D eigenvalue weighted by Crippen LogP contribution is -2.34. The van der Waals surface area contributed by atoms with Crippen molar-refractivity contribution in [3.8, 4) is 0 Å². The molecule has 0 radical (unpaired) electrons. The highest BCUT2D eigenvalue weighted by Crippen LogP contribution is 2.23. The molecule has 1 atom stereocenters. The Morgan fingerprint density at radius 2 is 1.62 bits per heavy atom. The number of rotatable bonds is 3. The number of carbonyl (C=O) groups excluding carboxylic acids is 1. The molecule has 0 heterocycles. The molecule has 0 saturated carbocycles. The van der Waals surface area contributed by atoms with Gasteiger partial charge in [-0.2, -0.15) is 0 Å². The fourth-order valence-corrected chi connectivity index (χ4v) is 2.20. The lowest BCUT2D eigenvalue weighted by atomic mass is 9.93. The van der Waals surface area contributed by atoms with Crippen molar-refractivity contribution in [2.24, 2.45) is 0 Å². The van der Waals surface area contributed by atoms with Crippen LogP contribution in [0, 0.1) is 20.8 Å². The van der Waals surface area contributed by atoms with E-state index in [-0.39, 0.29) is 11.9 Å². The van der Waals surface area contributed by atoms with Gasteiger partial charge in [-0.1, -0.05) is 17.7 Å². The van der Waals surface area contributed by atoms with E-state index in [0.29, 0.717) is 0 Å². The number of amides is 1. The molecular formula is C13H20N2O. The summed E-state index contributed by atoms with van der Waals surface area (Å²) in [7, 11) is 3.46. The third-order valence-corrected chi connectivity index (χ3v) is 2.82. The zero-order valence-corrected chi connectivity index (χ0v) is 10.6. The number of hydrogen-bond acceptors (Lipinski definition) is 2. The Labute approximate surface area is 97.2 Å². The van der Waals surface area contributed by atoms with Crippen LogP contribution in [0.5, 0.6) is 0 Å². The summed E-state index contributed by atoms with van der Waals surface area (Å²) in [5.74, 6) is -0.00227. The summed E-state index contributed by atoms with van der Waals surface area (Å²) >= 11 is 0. The van der Waals surface area contributed by atoms with Gasteiger partial charge in [-0.25, -0.2) is 0 Å². The van der Waals surface area contributed by atoms with Crippen LogP contribution in [0.4, 0.5) is 0 Å². The number of aryl methyl sites for hydroxylation is 3. The van der Waals surface area contributed by atoms with E-state index in [1.54, 1.807) is 14.1 Å². The highest BCUT2D eigenvalue weighted by atomic mass is 16.2. The minimum Gasteiger partial charge on any atom is -0.358 e. The Morgan fingerprint density at radius 1 is 1.12 bits per heavy atom. The van der Waals surface area contributed by atoms with Crippen molar-refractivity contribution in [1.29, 1.82) is 0 Å². The van der Waals surface area contributed by atoms with Crippen molar-refractivity contribution >= 4 is 5.91 Å². The fraction of sp³-hybridized carbons (Fsp3) is 0.462. The van der Waals surface area contributed by atoms with Crippen molar-refractivity contribution in [2.75, 3.05) is 14.1 Å². The van der Waals surface area contributed by atoms with E-state index in [0.717, 1.165) is 16.7 Å². The first-order valence-electron chi connectivity index (χ1n) is 5.47. The van der Waals surface area contributed by atoms with Crippen molar-refractivity contribution < 1.29 is 4.79 Å². The second-order valence-corrected chi connectivity index (χ2v) is 4.15. The van der Waals surface area contributed by atoms with Gasteiger partial charge in [0.25, 0.3) is 0 Å². The molecule has 2 N–H and O–H groups in total. The summed E-state index contributed by atoms with van der Waals surface area (Å²) in [6, 6.07) is 3.94. The van der Waals surface area contributed by atoms with Gasteiger partial charge in [-0.15, -0.1) is 0 Å². The molecule has 1 unspecified atom stereocenters. The normalized spacial score (nSPS) is 12.3. The molecule has 0 aliphatic carbocycles. The van der Waals surface area contributed by atoms with Gasteiger partial charge in [0.2, 0.25) is 5.91 Å². The van der Waals surface area contributed by atoms with Crippen LogP contribution in [0.3, 0.4) is 0 Å². The summed E-state index contributed by atoms with van der Waals surface area (Å²) < 4.78 is 0. The standard InChI is InChI=1S/C13H20N2O/c1-8-6-9(2)11(10(3)7-8)12(14-4)13(16)15-5/h6-7,12,14H,1-5H3,(H,15,16). The molecule has 1 amide bonds. The molecule has 0 saturated heterocycles. The van der Waals surface area contributed by atoms with Crippen molar-refractivity contribution in [3.63, 3.8) is 0 Å². The van der Waals surface area contributed by atoms with Gasteiger partial charge >= 0.3 is 0 Å². The number of hydrogen-bond donors (Lipinski definition) is 2. The Kier molecular flexibility index (Phi) is 4.07. The molecule has 0 spiro atoms. The van der Waals surface area contributed by atoms with Gasteiger partial charge < -0.3 is 10.6 Å². The van der Waals surface area contributed by atoms with E-state index in [1.165, 1.54) is 5.56 Å². The van der Waals surface area contributed by atoms with E-state index in [9.17, 15) is 4.79 Å². The second-order valence-electron chi connectivity index (χ2n) is 4.15.